The number of ketones is 1. The van der Waals surface area contributed by atoms with Gasteiger partial charge in [0.2, 0.25) is 0 Å². The van der Waals surface area contributed by atoms with Crippen molar-refractivity contribution >= 4 is 11.8 Å². The molecule has 4 nitrogen and oxygen atoms in total. The predicted molar refractivity (Wildman–Crippen MR) is 95.9 cm³/mol. The number of carbonyl (C=O) groups excluding carboxylic acids is 1. The van der Waals surface area contributed by atoms with E-state index in [1.54, 1.807) is 0 Å². The average molecular weight is 336 g/mol. The zero-order valence-electron chi connectivity index (χ0n) is 14.9. The number of hydrogen-bond donors (Lipinski definition) is 2. The van der Waals surface area contributed by atoms with Gasteiger partial charge >= 0.3 is 5.97 Å². The summed E-state index contributed by atoms with van der Waals surface area (Å²) in [6.07, 6.45) is 13.3. The number of aliphatic hydroxyl groups excluding tert-OH is 1. The van der Waals surface area contributed by atoms with Crippen molar-refractivity contribution in [2.24, 2.45) is 0 Å². The maximum absolute atomic E-state index is 12.0. The molecule has 136 valence electrons. The molecule has 1 aliphatic carbocycles. The highest BCUT2D eigenvalue weighted by Gasteiger charge is 2.20. The lowest BCUT2D eigenvalue weighted by atomic mass is 10.0. The van der Waals surface area contributed by atoms with Crippen LogP contribution in [0.4, 0.5) is 0 Å². The molecular formula is C20H32O4. The fraction of sp³-hybridized carbons (Fsp3) is 0.700. The van der Waals surface area contributed by atoms with Crippen molar-refractivity contribution in [3.63, 3.8) is 0 Å². The fourth-order valence-corrected chi connectivity index (χ4v) is 3.07. The van der Waals surface area contributed by atoms with Crippen LogP contribution in [0.3, 0.4) is 0 Å². The van der Waals surface area contributed by atoms with E-state index in [9.17, 15) is 14.7 Å². The largest absolute Gasteiger partial charge is 0.481 e. The number of unbranched alkanes of at least 4 members (excludes halogenated alkanes) is 5. The van der Waals surface area contributed by atoms with Crippen molar-refractivity contribution in [2.45, 2.75) is 90.1 Å². The van der Waals surface area contributed by atoms with E-state index in [-0.39, 0.29) is 12.2 Å². The maximum atomic E-state index is 12.0. The average Bonchev–Trinajstić information content (AvgIpc) is 2.89. The van der Waals surface area contributed by atoms with Crippen molar-refractivity contribution < 1.29 is 19.8 Å². The van der Waals surface area contributed by atoms with E-state index in [1.165, 1.54) is 0 Å². The van der Waals surface area contributed by atoms with Gasteiger partial charge in [-0.05, 0) is 43.3 Å². The molecular weight excluding hydrogens is 304 g/mol. The van der Waals surface area contributed by atoms with Gasteiger partial charge in [0.1, 0.15) is 0 Å². The number of hydrogen-bond acceptors (Lipinski definition) is 3. The van der Waals surface area contributed by atoms with Crippen LogP contribution in [0.1, 0.15) is 84.0 Å². The second kappa shape index (κ2) is 12.0. The van der Waals surface area contributed by atoms with E-state index in [2.05, 4.69) is 6.92 Å². The molecule has 4 heteroatoms. The van der Waals surface area contributed by atoms with Crippen LogP contribution in [0.15, 0.2) is 23.3 Å². The maximum Gasteiger partial charge on any atom is 0.303 e. The van der Waals surface area contributed by atoms with Crippen LogP contribution >= 0.6 is 0 Å². The third-order valence-corrected chi connectivity index (χ3v) is 4.54. The number of allylic oxidation sites excluding steroid dienone is 3. The minimum Gasteiger partial charge on any atom is -0.481 e. The molecule has 24 heavy (non-hydrogen) atoms. The zero-order chi connectivity index (χ0) is 17.8. The Balaban J connectivity index is 2.39. The number of aliphatic hydroxyl groups is 1. The number of carbonyl (C=O) groups is 2. The number of Topliss-reactive ketones (excluding diaryl/α,β-unsaturated/α-hetero) is 1. The number of carboxylic acid groups (broad SMARTS) is 1. The van der Waals surface area contributed by atoms with Crippen LogP contribution in [0.5, 0.6) is 0 Å². The van der Waals surface area contributed by atoms with Crippen LogP contribution < -0.4 is 0 Å². The van der Waals surface area contributed by atoms with Crippen LogP contribution in [0.25, 0.3) is 0 Å². The lowest BCUT2D eigenvalue weighted by molar-refractivity contribution is -0.137. The van der Waals surface area contributed by atoms with E-state index in [0.29, 0.717) is 12.8 Å². The van der Waals surface area contributed by atoms with Crippen molar-refractivity contribution in [1.29, 1.82) is 0 Å². The topological polar surface area (TPSA) is 74.6 Å². The monoisotopic (exact) mass is 336 g/mol. The van der Waals surface area contributed by atoms with Crippen LogP contribution in [0.2, 0.25) is 0 Å². The summed E-state index contributed by atoms with van der Waals surface area (Å²) in [5.41, 5.74) is 2.00. The molecule has 1 rings (SSSR count). The number of rotatable bonds is 13. The van der Waals surface area contributed by atoms with E-state index in [1.807, 2.05) is 12.2 Å². The summed E-state index contributed by atoms with van der Waals surface area (Å²) < 4.78 is 0. The zero-order valence-corrected chi connectivity index (χ0v) is 14.9. The van der Waals surface area contributed by atoms with Crippen molar-refractivity contribution in [2.75, 3.05) is 0 Å². The van der Waals surface area contributed by atoms with Crippen LogP contribution in [-0.4, -0.2) is 28.1 Å². The van der Waals surface area contributed by atoms with Gasteiger partial charge in [-0.1, -0.05) is 51.2 Å². The molecule has 0 aromatic carbocycles. The Morgan fingerprint density at radius 1 is 1.12 bits per heavy atom. The van der Waals surface area contributed by atoms with Crippen LogP contribution in [0, 0.1) is 0 Å². The molecule has 0 heterocycles. The Labute approximate surface area is 145 Å². The van der Waals surface area contributed by atoms with E-state index < -0.39 is 12.1 Å². The lowest BCUT2D eigenvalue weighted by Gasteiger charge is -2.06. The van der Waals surface area contributed by atoms with Crippen molar-refractivity contribution in [3.05, 3.63) is 23.3 Å². The van der Waals surface area contributed by atoms with Gasteiger partial charge in [-0.25, -0.2) is 0 Å². The van der Waals surface area contributed by atoms with E-state index >= 15 is 0 Å². The van der Waals surface area contributed by atoms with Crippen molar-refractivity contribution in [1.82, 2.24) is 0 Å². The van der Waals surface area contributed by atoms with Crippen LogP contribution in [-0.2, 0) is 9.59 Å². The summed E-state index contributed by atoms with van der Waals surface area (Å²) in [6, 6.07) is 0. The summed E-state index contributed by atoms with van der Waals surface area (Å²) >= 11 is 0. The van der Waals surface area contributed by atoms with Gasteiger partial charge in [-0.3, -0.25) is 9.59 Å². The summed E-state index contributed by atoms with van der Waals surface area (Å²) in [5.74, 6) is -0.505. The molecule has 0 fully saturated rings. The molecule has 1 aliphatic rings. The highest BCUT2D eigenvalue weighted by molar-refractivity contribution is 5.99. The Bertz CT molecular complexity index is 462. The summed E-state index contributed by atoms with van der Waals surface area (Å²) in [6.45, 7) is 2.14. The van der Waals surface area contributed by atoms with Gasteiger partial charge in [0.05, 0.1) is 6.10 Å². The molecule has 0 saturated carbocycles. The third-order valence-electron chi connectivity index (χ3n) is 4.54. The number of carboxylic acids is 1. The lowest BCUT2D eigenvalue weighted by Crippen LogP contribution is -2.02. The fourth-order valence-electron chi connectivity index (χ4n) is 3.07. The Kier molecular flexibility index (Phi) is 10.3. The molecule has 1 atom stereocenters. The minimum absolute atomic E-state index is 0.228. The molecule has 0 aromatic rings. The predicted octanol–water partition coefficient (Wildman–Crippen LogP) is 4.57. The summed E-state index contributed by atoms with van der Waals surface area (Å²) in [4.78, 5) is 22.5. The first-order valence-electron chi connectivity index (χ1n) is 9.37. The summed E-state index contributed by atoms with van der Waals surface area (Å²) in [5, 5.41) is 18.6. The first-order chi connectivity index (χ1) is 11.5. The Morgan fingerprint density at radius 3 is 2.58 bits per heavy atom. The normalized spacial score (nSPS) is 16.3. The van der Waals surface area contributed by atoms with Crippen molar-refractivity contribution in [3.8, 4) is 0 Å². The molecule has 0 aromatic heterocycles. The number of aliphatic carboxylic acids is 1. The molecule has 0 bridgehead atoms. The van der Waals surface area contributed by atoms with E-state index in [0.717, 1.165) is 68.9 Å². The minimum atomic E-state index is -0.742. The highest BCUT2D eigenvalue weighted by Crippen LogP contribution is 2.28. The Hall–Kier alpha value is -1.42. The first-order valence-corrected chi connectivity index (χ1v) is 9.37. The molecule has 2 N–H and O–H groups in total. The van der Waals surface area contributed by atoms with Gasteiger partial charge in [-0.2, -0.15) is 0 Å². The SMILES string of the molecule is CCCCC[C@H](O)/C=C\C1=C(CCCCCCC(=O)O)C(=O)CC1. The van der Waals surface area contributed by atoms with Gasteiger partial charge < -0.3 is 10.2 Å². The first kappa shape index (κ1) is 20.6. The Morgan fingerprint density at radius 2 is 1.88 bits per heavy atom. The molecule has 0 spiro atoms. The van der Waals surface area contributed by atoms with E-state index in [4.69, 9.17) is 5.11 Å². The smallest absolute Gasteiger partial charge is 0.303 e. The van der Waals surface area contributed by atoms with Gasteiger partial charge in [0, 0.05) is 12.8 Å². The van der Waals surface area contributed by atoms with Gasteiger partial charge in [-0.15, -0.1) is 0 Å². The molecule has 0 unspecified atom stereocenters. The van der Waals surface area contributed by atoms with Gasteiger partial charge in [0.25, 0.3) is 0 Å². The quantitative estimate of drug-likeness (QED) is 0.483. The molecule has 0 radical (unpaired) electrons. The summed E-state index contributed by atoms with van der Waals surface area (Å²) in [7, 11) is 0. The van der Waals surface area contributed by atoms with Gasteiger partial charge in [0.15, 0.2) is 5.78 Å². The second-order valence-electron chi connectivity index (χ2n) is 6.66. The highest BCUT2D eigenvalue weighted by atomic mass is 16.4. The third kappa shape index (κ3) is 8.44. The molecule has 0 aliphatic heterocycles. The standard InChI is InChI=1S/C20H32O4/c1-2-3-6-9-17(21)14-12-16-13-15-19(22)18(16)10-7-4-5-8-11-20(23)24/h12,14,17,21H,2-11,13,15H2,1H3,(H,23,24)/b14-12-/t17-/m0/s1. The second-order valence-corrected chi connectivity index (χ2v) is 6.66. The molecule has 0 saturated heterocycles. The molecule has 0 amide bonds.